The highest BCUT2D eigenvalue weighted by molar-refractivity contribution is 7.99. The number of hydrogen-bond acceptors (Lipinski definition) is 3. The van der Waals surface area contributed by atoms with Crippen LogP contribution in [0.2, 0.25) is 0 Å². The Labute approximate surface area is 99.9 Å². The first-order valence-electron chi connectivity index (χ1n) is 6.01. The van der Waals surface area contributed by atoms with Crippen LogP contribution in [-0.2, 0) is 0 Å². The molecule has 2 nitrogen and oxygen atoms in total. The van der Waals surface area contributed by atoms with E-state index in [-0.39, 0.29) is 0 Å². The molecule has 0 bridgehead atoms. The zero-order valence-corrected chi connectivity index (χ0v) is 10.3. The molecule has 2 saturated heterocycles. The summed E-state index contributed by atoms with van der Waals surface area (Å²) in [5.74, 6) is 2.32. The van der Waals surface area contributed by atoms with Crippen molar-refractivity contribution in [3.63, 3.8) is 0 Å². The number of rotatable bonds is 2. The number of likely N-dealkylation sites (tertiary alicyclic amines) is 1. The quantitative estimate of drug-likeness (QED) is 0.812. The Morgan fingerprint density at radius 2 is 2.00 bits per heavy atom. The zero-order chi connectivity index (χ0) is 11.6. The van der Waals surface area contributed by atoms with Crippen molar-refractivity contribution >= 4 is 11.8 Å². The molecule has 2 aliphatic rings. The van der Waals surface area contributed by atoms with Gasteiger partial charge in [0.2, 0.25) is 0 Å². The van der Waals surface area contributed by atoms with Gasteiger partial charge in [0.05, 0.1) is 5.54 Å². The third kappa shape index (κ3) is 2.68. The fraction of sp³-hybridized carbons (Fsp3) is 1.00. The summed E-state index contributed by atoms with van der Waals surface area (Å²) < 4.78 is 25.8. The van der Waals surface area contributed by atoms with Crippen LogP contribution in [0.4, 0.5) is 8.78 Å². The van der Waals surface area contributed by atoms with Crippen molar-refractivity contribution in [2.45, 2.75) is 43.7 Å². The summed E-state index contributed by atoms with van der Waals surface area (Å²) in [5, 5.41) is 0. The van der Waals surface area contributed by atoms with Crippen LogP contribution in [0.5, 0.6) is 0 Å². The molecule has 16 heavy (non-hydrogen) atoms. The lowest BCUT2D eigenvalue weighted by Crippen LogP contribution is -2.60. The minimum Gasteiger partial charge on any atom is -0.319 e. The summed E-state index contributed by atoms with van der Waals surface area (Å²) in [7, 11) is 0. The minimum absolute atomic E-state index is 0.375. The molecule has 0 radical (unpaired) electrons. The van der Waals surface area contributed by atoms with E-state index >= 15 is 0 Å². The van der Waals surface area contributed by atoms with Crippen LogP contribution < -0.4 is 5.73 Å². The number of hydrogen-bond donors (Lipinski definition) is 1. The minimum atomic E-state index is -2.40. The van der Waals surface area contributed by atoms with Crippen LogP contribution in [-0.4, -0.2) is 47.5 Å². The molecule has 2 fully saturated rings. The Morgan fingerprint density at radius 3 is 2.62 bits per heavy atom. The summed E-state index contributed by atoms with van der Waals surface area (Å²) in [6.07, 6.45) is 1.13. The van der Waals surface area contributed by atoms with E-state index in [2.05, 4.69) is 4.90 Å². The third-order valence-corrected chi connectivity index (χ3v) is 4.78. The Kier molecular flexibility index (Phi) is 4.08. The number of nitrogens with zero attached hydrogens (tertiary/aromatic N) is 1. The molecule has 2 rings (SSSR count). The van der Waals surface area contributed by atoms with Gasteiger partial charge < -0.3 is 5.73 Å². The maximum absolute atomic E-state index is 12.9. The number of alkyl halides is 2. The topological polar surface area (TPSA) is 29.3 Å². The smallest absolute Gasteiger partial charge is 0.257 e. The van der Waals surface area contributed by atoms with E-state index in [4.69, 9.17) is 5.73 Å². The van der Waals surface area contributed by atoms with Gasteiger partial charge in [-0.3, -0.25) is 4.90 Å². The summed E-state index contributed by atoms with van der Waals surface area (Å²) in [5.41, 5.74) is 4.54. The van der Waals surface area contributed by atoms with E-state index in [1.165, 1.54) is 0 Å². The normalized spacial score (nSPS) is 34.5. The molecule has 0 aliphatic carbocycles. The van der Waals surface area contributed by atoms with Gasteiger partial charge in [-0.05, 0) is 43.7 Å². The van der Waals surface area contributed by atoms with Crippen molar-refractivity contribution in [3.05, 3.63) is 0 Å². The maximum atomic E-state index is 12.9. The molecule has 0 spiro atoms. The fourth-order valence-corrected chi connectivity index (χ4v) is 3.77. The Hall–Kier alpha value is 0.130. The van der Waals surface area contributed by atoms with Gasteiger partial charge in [0, 0.05) is 12.6 Å². The van der Waals surface area contributed by atoms with Gasteiger partial charge in [0.1, 0.15) is 0 Å². The Balaban J connectivity index is 1.95. The first kappa shape index (κ1) is 12.6. The second-order valence-corrected chi connectivity index (χ2v) is 6.18. The van der Waals surface area contributed by atoms with Crippen molar-refractivity contribution in [1.29, 1.82) is 0 Å². The number of halogens is 2. The Bertz CT molecular complexity index is 234. The van der Waals surface area contributed by atoms with E-state index in [1.54, 1.807) is 0 Å². The molecule has 2 N–H and O–H groups in total. The SMILES string of the molecule is NC1(C(F)F)CCCN(C2CCSCC2)C1. The number of thioether (sulfide) groups is 1. The molecule has 5 heteroatoms. The number of piperidine rings is 1. The zero-order valence-electron chi connectivity index (χ0n) is 9.50. The van der Waals surface area contributed by atoms with Gasteiger partial charge in [0.25, 0.3) is 6.43 Å². The van der Waals surface area contributed by atoms with E-state index in [9.17, 15) is 8.78 Å². The highest BCUT2D eigenvalue weighted by atomic mass is 32.2. The molecular weight excluding hydrogens is 230 g/mol. The molecule has 2 heterocycles. The van der Waals surface area contributed by atoms with Gasteiger partial charge in [-0.1, -0.05) is 0 Å². The summed E-state index contributed by atoms with van der Waals surface area (Å²) in [4.78, 5) is 2.20. The van der Waals surface area contributed by atoms with E-state index in [0.717, 1.165) is 37.3 Å². The lowest BCUT2D eigenvalue weighted by atomic mass is 9.89. The monoisotopic (exact) mass is 250 g/mol. The standard InChI is InChI=1S/C11H20F2N2S/c12-10(13)11(14)4-1-5-15(8-11)9-2-6-16-7-3-9/h9-10H,1-8,14H2. The largest absolute Gasteiger partial charge is 0.319 e. The van der Waals surface area contributed by atoms with Crippen LogP contribution >= 0.6 is 11.8 Å². The highest BCUT2D eigenvalue weighted by Crippen LogP contribution is 2.30. The molecule has 0 aromatic carbocycles. The highest BCUT2D eigenvalue weighted by Gasteiger charge is 2.41. The van der Waals surface area contributed by atoms with Crippen molar-refractivity contribution in [1.82, 2.24) is 4.90 Å². The molecule has 0 amide bonds. The van der Waals surface area contributed by atoms with E-state index in [1.807, 2.05) is 11.8 Å². The van der Waals surface area contributed by atoms with Crippen LogP contribution in [0.1, 0.15) is 25.7 Å². The van der Waals surface area contributed by atoms with Gasteiger partial charge in [-0.15, -0.1) is 0 Å². The molecule has 2 aliphatic heterocycles. The molecule has 94 valence electrons. The van der Waals surface area contributed by atoms with Crippen LogP contribution in [0.3, 0.4) is 0 Å². The predicted molar refractivity (Wildman–Crippen MR) is 64.1 cm³/mol. The van der Waals surface area contributed by atoms with Crippen molar-refractivity contribution < 1.29 is 8.78 Å². The molecule has 0 aromatic rings. The van der Waals surface area contributed by atoms with Gasteiger partial charge in [0.15, 0.2) is 0 Å². The van der Waals surface area contributed by atoms with Gasteiger partial charge >= 0.3 is 0 Å². The second kappa shape index (κ2) is 5.19. The lowest BCUT2D eigenvalue weighted by molar-refractivity contribution is -0.00868. The van der Waals surface area contributed by atoms with Crippen LogP contribution in [0, 0.1) is 0 Å². The fourth-order valence-electron chi connectivity index (χ4n) is 2.69. The maximum Gasteiger partial charge on any atom is 0.257 e. The number of nitrogens with two attached hydrogens (primary N) is 1. The molecular formula is C11H20F2N2S. The predicted octanol–water partition coefficient (Wildman–Crippen LogP) is 1.94. The average Bonchev–Trinajstić information content (AvgIpc) is 2.30. The van der Waals surface area contributed by atoms with Crippen molar-refractivity contribution in [3.8, 4) is 0 Å². The molecule has 0 saturated carbocycles. The third-order valence-electron chi connectivity index (χ3n) is 3.73. The first-order valence-corrected chi connectivity index (χ1v) is 7.16. The first-order chi connectivity index (χ1) is 7.62. The van der Waals surface area contributed by atoms with Gasteiger partial charge in [-0.2, -0.15) is 11.8 Å². The molecule has 1 atom stereocenters. The Morgan fingerprint density at radius 1 is 1.31 bits per heavy atom. The van der Waals surface area contributed by atoms with Crippen LogP contribution in [0.25, 0.3) is 0 Å². The average molecular weight is 250 g/mol. The molecule has 0 aromatic heterocycles. The summed E-state index contributed by atoms with van der Waals surface area (Å²) >= 11 is 1.96. The molecule has 1 unspecified atom stereocenters. The van der Waals surface area contributed by atoms with E-state index in [0.29, 0.717) is 19.0 Å². The second-order valence-electron chi connectivity index (χ2n) is 4.95. The van der Waals surface area contributed by atoms with Gasteiger partial charge in [-0.25, -0.2) is 8.78 Å². The van der Waals surface area contributed by atoms with Crippen LogP contribution in [0.15, 0.2) is 0 Å². The van der Waals surface area contributed by atoms with E-state index < -0.39 is 12.0 Å². The summed E-state index contributed by atoms with van der Waals surface area (Å²) in [6, 6.07) is 0.489. The summed E-state index contributed by atoms with van der Waals surface area (Å²) in [6.45, 7) is 1.32. The lowest BCUT2D eigenvalue weighted by Gasteiger charge is -2.44. The van der Waals surface area contributed by atoms with Crippen molar-refractivity contribution in [2.75, 3.05) is 24.6 Å². The van der Waals surface area contributed by atoms with Crippen molar-refractivity contribution in [2.24, 2.45) is 5.73 Å².